The zero-order valence-electron chi connectivity index (χ0n) is 6.31. The summed E-state index contributed by atoms with van der Waals surface area (Å²) in [6.45, 7) is 1.43. The molecule has 0 aliphatic rings. The van der Waals surface area contributed by atoms with Crippen LogP contribution in [0.3, 0.4) is 0 Å². The van der Waals surface area contributed by atoms with E-state index in [0.29, 0.717) is 0 Å². The SMILES string of the molecule is C[C@@H](O)c1cc(F)c(F)cc1Cl. The van der Waals surface area contributed by atoms with Crippen molar-refractivity contribution >= 4 is 11.6 Å². The molecule has 0 fully saturated rings. The average Bonchev–Trinajstić information content (AvgIpc) is 1.96. The second-order valence-electron chi connectivity index (χ2n) is 2.46. The van der Waals surface area contributed by atoms with Crippen LogP contribution >= 0.6 is 11.6 Å². The van der Waals surface area contributed by atoms with E-state index in [-0.39, 0.29) is 10.6 Å². The van der Waals surface area contributed by atoms with Gasteiger partial charge >= 0.3 is 0 Å². The Morgan fingerprint density at radius 1 is 1.33 bits per heavy atom. The van der Waals surface area contributed by atoms with Crippen molar-refractivity contribution in [2.24, 2.45) is 0 Å². The molecule has 0 heterocycles. The molecule has 1 aromatic carbocycles. The van der Waals surface area contributed by atoms with Crippen molar-refractivity contribution in [1.29, 1.82) is 0 Å². The highest BCUT2D eigenvalue weighted by molar-refractivity contribution is 6.31. The third kappa shape index (κ3) is 1.73. The van der Waals surface area contributed by atoms with Crippen LogP contribution in [0.5, 0.6) is 0 Å². The number of hydrogen-bond donors (Lipinski definition) is 1. The molecule has 0 saturated carbocycles. The van der Waals surface area contributed by atoms with Gasteiger partial charge in [-0.25, -0.2) is 8.78 Å². The summed E-state index contributed by atoms with van der Waals surface area (Å²) in [6.07, 6.45) is -0.896. The lowest BCUT2D eigenvalue weighted by molar-refractivity contribution is 0.198. The Morgan fingerprint density at radius 3 is 2.33 bits per heavy atom. The Bertz CT molecular complexity index is 299. The molecule has 0 aliphatic heterocycles. The van der Waals surface area contributed by atoms with E-state index in [1.165, 1.54) is 6.92 Å². The van der Waals surface area contributed by atoms with Gasteiger partial charge in [0, 0.05) is 10.6 Å². The van der Waals surface area contributed by atoms with Gasteiger partial charge in [0.2, 0.25) is 0 Å². The van der Waals surface area contributed by atoms with E-state index < -0.39 is 17.7 Å². The minimum absolute atomic E-state index is 0.0314. The van der Waals surface area contributed by atoms with Crippen molar-refractivity contribution in [3.8, 4) is 0 Å². The molecule has 1 N–H and O–H groups in total. The normalized spacial score (nSPS) is 13.1. The summed E-state index contributed by atoms with van der Waals surface area (Å²) >= 11 is 5.53. The Labute approximate surface area is 73.6 Å². The lowest BCUT2D eigenvalue weighted by Gasteiger charge is -2.06. The second kappa shape index (κ2) is 3.37. The van der Waals surface area contributed by atoms with Crippen molar-refractivity contribution in [1.82, 2.24) is 0 Å². The highest BCUT2D eigenvalue weighted by Gasteiger charge is 2.11. The lowest BCUT2D eigenvalue weighted by Crippen LogP contribution is -1.95. The van der Waals surface area contributed by atoms with Crippen LogP contribution in [-0.4, -0.2) is 5.11 Å². The smallest absolute Gasteiger partial charge is 0.160 e. The molecule has 0 spiro atoms. The number of aliphatic hydroxyl groups is 1. The largest absolute Gasteiger partial charge is 0.389 e. The summed E-state index contributed by atoms with van der Waals surface area (Å²) in [5.74, 6) is -2.01. The fourth-order valence-corrected chi connectivity index (χ4v) is 1.17. The minimum atomic E-state index is -1.01. The molecule has 1 nitrogen and oxygen atoms in total. The maximum absolute atomic E-state index is 12.6. The monoisotopic (exact) mass is 192 g/mol. The molecule has 0 aromatic heterocycles. The van der Waals surface area contributed by atoms with Crippen LogP contribution in [-0.2, 0) is 0 Å². The third-order valence-electron chi connectivity index (χ3n) is 1.49. The van der Waals surface area contributed by atoms with Crippen LogP contribution in [0.25, 0.3) is 0 Å². The van der Waals surface area contributed by atoms with Crippen LogP contribution < -0.4 is 0 Å². The fourth-order valence-electron chi connectivity index (χ4n) is 0.858. The number of rotatable bonds is 1. The van der Waals surface area contributed by atoms with Crippen LogP contribution in [0, 0.1) is 11.6 Å². The van der Waals surface area contributed by atoms with E-state index in [1.54, 1.807) is 0 Å². The van der Waals surface area contributed by atoms with Gasteiger partial charge in [0.15, 0.2) is 11.6 Å². The van der Waals surface area contributed by atoms with Crippen LogP contribution in [0.1, 0.15) is 18.6 Å². The molecule has 4 heteroatoms. The first-order valence-corrected chi connectivity index (χ1v) is 3.72. The molecule has 0 saturated heterocycles. The molecule has 0 bridgehead atoms. The molecule has 66 valence electrons. The average molecular weight is 193 g/mol. The van der Waals surface area contributed by atoms with Gasteiger partial charge in [-0.2, -0.15) is 0 Å². The first kappa shape index (κ1) is 9.42. The molecule has 0 amide bonds. The van der Waals surface area contributed by atoms with Crippen molar-refractivity contribution in [3.05, 3.63) is 34.4 Å². The summed E-state index contributed by atoms with van der Waals surface area (Å²) in [5, 5.41) is 9.08. The Morgan fingerprint density at radius 2 is 1.83 bits per heavy atom. The molecule has 1 atom stereocenters. The summed E-state index contributed by atoms with van der Waals surface area (Å²) < 4.78 is 25.1. The van der Waals surface area contributed by atoms with Gasteiger partial charge in [0.1, 0.15) is 0 Å². The summed E-state index contributed by atoms with van der Waals surface area (Å²) in [6, 6.07) is 1.74. The summed E-state index contributed by atoms with van der Waals surface area (Å²) in [7, 11) is 0. The molecule has 0 aliphatic carbocycles. The van der Waals surface area contributed by atoms with E-state index in [9.17, 15) is 8.78 Å². The zero-order valence-corrected chi connectivity index (χ0v) is 7.07. The van der Waals surface area contributed by atoms with E-state index in [2.05, 4.69) is 0 Å². The summed E-state index contributed by atoms with van der Waals surface area (Å²) in [5.41, 5.74) is 0.190. The number of benzene rings is 1. The van der Waals surface area contributed by atoms with Crippen LogP contribution in [0.4, 0.5) is 8.78 Å². The van der Waals surface area contributed by atoms with Crippen molar-refractivity contribution in [3.63, 3.8) is 0 Å². The van der Waals surface area contributed by atoms with Gasteiger partial charge in [0.25, 0.3) is 0 Å². The minimum Gasteiger partial charge on any atom is -0.389 e. The molecule has 1 aromatic rings. The van der Waals surface area contributed by atoms with Crippen molar-refractivity contribution in [2.75, 3.05) is 0 Å². The maximum atomic E-state index is 12.6. The first-order valence-electron chi connectivity index (χ1n) is 3.35. The van der Waals surface area contributed by atoms with Crippen LogP contribution in [0.2, 0.25) is 5.02 Å². The van der Waals surface area contributed by atoms with E-state index in [1.807, 2.05) is 0 Å². The fraction of sp³-hybridized carbons (Fsp3) is 0.250. The van der Waals surface area contributed by atoms with Gasteiger partial charge in [-0.05, 0) is 19.1 Å². The predicted molar refractivity (Wildman–Crippen MR) is 42.0 cm³/mol. The predicted octanol–water partition coefficient (Wildman–Crippen LogP) is 2.67. The number of aliphatic hydroxyl groups excluding tert-OH is 1. The topological polar surface area (TPSA) is 20.2 Å². The van der Waals surface area contributed by atoms with E-state index in [4.69, 9.17) is 16.7 Å². The van der Waals surface area contributed by atoms with Gasteiger partial charge in [-0.15, -0.1) is 0 Å². The third-order valence-corrected chi connectivity index (χ3v) is 1.82. The lowest BCUT2D eigenvalue weighted by atomic mass is 10.1. The molecule has 0 unspecified atom stereocenters. The first-order chi connectivity index (χ1) is 5.52. The van der Waals surface area contributed by atoms with E-state index >= 15 is 0 Å². The molecular weight excluding hydrogens is 186 g/mol. The zero-order chi connectivity index (χ0) is 9.30. The maximum Gasteiger partial charge on any atom is 0.160 e. The quantitative estimate of drug-likeness (QED) is 0.679. The summed E-state index contributed by atoms with van der Waals surface area (Å²) in [4.78, 5) is 0. The second-order valence-corrected chi connectivity index (χ2v) is 2.87. The Balaban J connectivity index is 3.23. The van der Waals surface area contributed by atoms with Crippen molar-refractivity contribution in [2.45, 2.75) is 13.0 Å². The highest BCUT2D eigenvalue weighted by atomic mass is 35.5. The van der Waals surface area contributed by atoms with Crippen LogP contribution in [0.15, 0.2) is 12.1 Å². The van der Waals surface area contributed by atoms with Gasteiger partial charge < -0.3 is 5.11 Å². The molecule has 1 rings (SSSR count). The molecule has 12 heavy (non-hydrogen) atoms. The molecule has 0 radical (unpaired) electrons. The number of hydrogen-bond acceptors (Lipinski definition) is 1. The highest BCUT2D eigenvalue weighted by Crippen LogP contribution is 2.25. The number of halogens is 3. The van der Waals surface area contributed by atoms with Gasteiger partial charge in [0.05, 0.1) is 6.10 Å². The Kier molecular flexibility index (Phi) is 2.65. The standard InChI is InChI=1S/C8H7ClF2O/c1-4(12)5-2-7(10)8(11)3-6(5)9/h2-4,12H,1H3/t4-/m1/s1. The van der Waals surface area contributed by atoms with Crippen molar-refractivity contribution < 1.29 is 13.9 Å². The van der Waals surface area contributed by atoms with E-state index in [0.717, 1.165) is 12.1 Å². The molecular formula is C8H7ClF2O. The van der Waals surface area contributed by atoms with Gasteiger partial charge in [-0.1, -0.05) is 11.6 Å². The van der Waals surface area contributed by atoms with Gasteiger partial charge in [-0.3, -0.25) is 0 Å². The Hall–Kier alpha value is -0.670.